The van der Waals surface area contributed by atoms with Gasteiger partial charge < -0.3 is 5.11 Å². The van der Waals surface area contributed by atoms with Gasteiger partial charge in [0.15, 0.2) is 0 Å². The van der Waals surface area contributed by atoms with Gasteiger partial charge in [0.1, 0.15) is 5.78 Å². The summed E-state index contributed by atoms with van der Waals surface area (Å²) in [6.07, 6.45) is 1.76. The Hall–Kier alpha value is -1.15. The highest BCUT2D eigenvalue weighted by molar-refractivity contribution is 5.81. The van der Waals surface area contributed by atoms with Crippen molar-refractivity contribution in [1.82, 2.24) is 0 Å². The number of Topliss-reactive ketones (excluding diaryl/α,β-unsaturated/α-hetero) is 1. The molecule has 1 atom stereocenters. The van der Waals surface area contributed by atoms with Gasteiger partial charge in [0.05, 0.1) is 0 Å². The normalized spacial score (nSPS) is 13.3. The lowest BCUT2D eigenvalue weighted by Gasteiger charge is -2.19. The van der Waals surface area contributed by atoms with Gasteiger partial charge in [-0.2, -0.15) is 0 Å². The van der Waals surface area contributed by atoms with Crippen molar-refractivity contribution in [3.8, 4) is 0 Å². The van der Waals surface area contributed by atoms with Gasteiger partial charge in [-0.15, -0.1) is 0 Å². The van der Waals surface area contributed by atoms with Crippen molar-refractivity contribution in [2.75, 3.05) is 6.61 Å². The third-order valence-electron chi connectivity index (χ3n) is 3.42. The molecule has 106 valence electrons. The summed E-state index contributed by atoms with van der Waals surface area (Å²) in [7, 11) is 0. The zero-order chi connectivity index (χ0) is 14.5. The third kappa shape index (κ3) is 5.56. The first-order valence-electron chi connectivity index (χ1n) is 7.05. The smallest absolute Gasteiger partial charge is 0.137 e. The van der Waals surface area contributed by atoms with Crippen LogP contribution in [0.5, 0.6) is 0 Å². The fraction of sp³-hybridized carbons (Fsp3) is 0.588. The number of carbonyl (C=O) groups excluding carboxylic acids is 1. The molecule has 2 nitrogen and oxygen atoms in total. The van der Waals surface area contributed by atoms with Crippen molar-refractivity contribution in [3.05, 3.63) is 35.4 Å². The lowest BCUT2D eigenvalue weighted by atomic mass is 9.86. The molecule has 0 aliphatic rings. The number of hydrogen-bond donors (Lipinski definition) is 1. The van der Waals surface area contributed by atoms with Crippen LogP contribution in [0.1, 0.15) is 51.7 Å². The summed E-state index contributed by atoms with van der Waals surface area (Å²) < 4.78 is 0. The Morgan fingerprint density at radius 2 is 1.79 bits per heavy atom. The van der Waals surface area contributed by atoms with Crippen LogP contribution < -0.4 is 0 Å². The predicted molar refractivity (Wildman–Crippen MR) is 79.3 cm³/mol. The van der Waals surface area contributed by atoms with Crippen LogP contribution in [0.4, 0.5) is 0 Å². The van der Waals surface area contributed by atoms with E-state index in [0.29, 0.717) is 19.3 Å². The minimum Gasteiger partial charge on any atom is -0.396 e. The summed E-state index contributed by atoms with van der Waals surface area (Å²) in [5, 5.41) is 8.83. The summed E-state index contributed by atoms with van der Waals surface area (Å²) in [5.74, 6) is 0.524. The van der Waals surface area contributed by atoms with Gasteiger partial charge in [0, 0.05) is 19.4 Å². The highest BCUT2D eigenvalue weighted by atomic mass is 16.3. The van der Waals surface area contributed by atoms with Gasteiger partial charge in [-0.3, -0.25) is 4.79 Å². The van der Waals surface area contributed by atoms with Crippen LogP contribution in [-0.2, 0) is 16.6 Å². The highest BCUT2D eigenvalue weighted by Crippen LogP contribution is 2.22. The second-order valence-electron chi connectivity index (χ2n) is 6.48. The second-order valence-corrected chi connectivity index (χ2v) is 6.48. The fourth-order valence-electron chi connectivity index (χ4n) is 2.13. The van der Waals surface area contributed by atoms with Crippen LogP contribution in [0.25, 0.3) is 0 Å². The lowest BCUT2D eigenvalue weighted by molar-refractivity contribution is -0.119. The van der Waals surface area contributed by atoms with Crippen LogP contribution in [-0.4, -0.2) is 17.5 Å². The largest absolute Gasteiger partial charge is 0.396 e. The Morgan fingerprint density at radius 1 is 1.21 bits per heavy atom. The molecule has 0 saturated heterocycles. The van der Waals surface area contributed by atoms with E-state index in [9.17, 15) is 4.79 Å². The lowest BCUT2D eigenvalue weighted by Crippen LogP contribution is -2.12. The zero-order valence-corrected chi connectivity index (χ0v) is 12.6. The van der Waals surface area contributed by atoms with E-state index >= 15 is 0 Å². The maximum absolute atomic E-state index is 11.9. The van der Waals surface area contributed by atoms with Gasteiger partial charge in [0.2, 0.25) is 0 Å². The van der Waals surface area contributed by atoms with Crippen molar-refractivity contribution in [3.63, 3.8) is 0 Å². The number of aliphatic hydroxyl groups is 1. The molecule has 0 fully saturated rings. The molecule has 2 heteroatoms. The molecule has 0 saturated carbocycles. The van der Waals surface area contributed by atoms with Crippen LogP contribution in [0, 0.1) is 5.92 Å². The summed E-state index contributed by atoms with van der Waals surface area (Å²) in [6.45, 7) is 8.72. The fourth-order valence-corrected chi connectivity index (χ4v) is 2.13. The average Bonchev–Trinajstić information content (AvgIpc) is 2.28. The van der Waals surface area contributed by atoms with E-state index < -0.39 is 0 Å². The topological polar surface area (TPSA) is 37.3 Å². The Kier molecular flexibility index (Phi) is 5.74. The molecule has 19 heavy (non-hydrogen) atoms. The molecule has 1 N–H and O–H groups in total. The van der Waals surface area contributed by atoms with Gasteiger partial charge in [-0.05, 0) is 28.9 Å². The molecule has 1 rings (SSSR count). The van der Waals surface area contributed by atoms with Crippen molar-refractivity contribution < 1.29 is 9.90 Å². The van der Waals surface area contributed by atoms with Gasteiger partial charge in [-0.25, -0.2) is 0 Å². The van der Waals surface area contributed by atoms with E-state index in [1.165, 1.54) is 5.56 Å². The molecule has 0 bridgehead atoms. The first kappa shape index (κ1) is 15.9. The Labute approximate surface area is 116 Å². The van der Waals surface area contributed by atoms with Crippen LogP contribution in [0.3, 0.4) is 0 Å². The van der Waals surface area contributed by atoms with Gasteiger partial charge in [0.25, 0.3) is 0 Å². The van der Waals surface area contributed by atoms with Crippen molar-refractivity contribution in [2.45, 2.75) is 52.4 Å². The number of carbonyl (C=O) groups is 1. The first-order chi connectivity index (χ1) is 8.82. The van der Waals surface area contributed by atoms with Crippen LogP contribution in [0.2, 0.25) is 0 Å². The standard InChI is InChI=1S/C17H26O2/c1-13(9-10-18)11-16(19)12-14-5-7-15(8-6-14)17(2,3)4/h5-8,13,18H,9-12H2,1-4H3. The number of hydrogen-bond acceptors (Lipinski definition) is 2. The van der Waals surface area contributed by atoms with E-state index in [-0.39, 0.29) is 23.7 Å². The molecule has 0 heterocycles. The first-order valence-corrected chi connectivity index (χ1v) is 7.05. The molecule has 0 aliphatic heterocycles. The van der Waals surface area contributed by atoms with E-state index in [0.717, 1.165) is 5.56 Å². The van der Waals surface area contributed by atoms with Gasteiger partial charge >= 0.3 is 0 Å². The molecule has 0 radical (unpaired) electrons. The van der Waals surface area contributed by atoms with E-state index in [1.54, 1.807) is 0 Å². The second kappa shape index (κ2) is 6.85. The third-order valence-corrected chi connectivity index (χ3v) is 3.42. The molecular formula is C17H26O2. The number of aliphatic hydroxyl groups excluding tert-OH is 1. The quantitative estimate of drug-likeness (QED) is 0.852. The van der Waals surface area contributed by atoms with Crippen LogP contribution in [0.15, 0.2) is 24.3 Å². The predicted octanol–water partition coefficient (Wildman–Crippen LogP) is 3.50. The minimum atomic E-state index is 0.151. The Morgan fingerprint density at radius 3 is 2.26 bits per heavy atom. The van der Waals surface area contributed by atoms with Gasteiger partial charge in [-0.1, -0.05) is 52.0 Å². The minimum absolute atomic E-state index is 0.151. The summed E-state index contributed by atoms with van der Waals surface area (Å²) in [4.78, 5) is 11.9. The molecule has 0 spiro atoms. The van der Waals surface area contributed by atoms with E-state index in [1.807, 2.05) is 6.92 Å². The highest BCUT2D eigenvalue weighted by Gasteiger charge is 2.14. The summed E-state index contributed by atoms with van der Waals surface area (Å²) in [5.41, 5.74) is 2.52. The zero-order valence-electron chi connectivity index (χ0n) is 12.6. The molecule has 1 unspecified atom stereocenters. The molecular weight excluding hydrogens is 236 g/mol. The van der Waals surface area contributed by atoms with E-state index in [2.05, 4.69) is 45.0 Å². The maximum atomic E-state index is 11.9. The molecule has 0 aromatic heterocycles. The van der Waals surface area contributed by atoms with Crippen molar-refractivity contribution in [2.24, 2.45) is 5.92 Å². The monoisotopic (exact) mass is 262 g/mol. The molecule has 0 aliphatic carbocycles. The SMILES string of the molecule is CC(CCO)CC(=O)Cc1ccc(C(C)(C)C)cc1. The number of benzene rings is 1. The summed E-state index contributed by atoms with van der Waals surface area (Å²) >= 11 is 0. The van der Waals surface area contributed by atoms with Crippen molar-refractivity contribution >= 4 is 5.78 Å². The molecule has 1 aromatic carbocycles. The Balaban J connectivity index is 2.56. The summed E-state index contributed by atoms with van der Waals surface area (Å²) in [6, 6.07) is 8.32. The van der Waals surface area contributed by atoms with E-state index in [4.69, 9.17) is 5.11 Å². The molecule has 1 aromatic rings. The number of rotatable bonds is 6. The number of ketones is 1. The average molecular weight is 262 g/mol. The Bertz CT molecular complexity index is 398. The van der Waals surface area contributed by atoms with Crippen LogP contribution >= 0.6 is 0 Å². The molecule has 0 amide bonds. The maximum Gasteiger partial charge on any atom is 0.137 e. The van der Waals surface area contributed by atoms with Crippen molar-refractivity contribution in [1.29, 1.82) is 0 Å².